The average Bonchev–Trinajstić information content (AvgIpc) is 2.53. The lowest BCUT2D eigenvalue weighted by atomic mass is 10.2. The fraction of sp³-hybridized carbons (Fsp3) is 0.143. The maximum Gasteiger partial charge on any atom is 0.506 e. The van der Waals surface area contributed by atoms with Gasteiger partial charge in [-0.1, -0.05) is 65.4 Å². The van der Waals surface area contributed by atoms with Crippen molar-refractivity contribution < 1.29 is 22.9 Å². The summed E-state index contributed by atoms with van der Waals surface area (Å²) >= 11 is 0. The van der Waals surface area contributed by atoms with E-state index in [-0.39, 0.29) is 13.2 Å². The Morgan fingerprint density at radius 1 is 0.800 bits per heavy atom. The van der Waals surface area contributed by atoms with E-state index < -0.39 is 7.82 Å². The predicted octanol–water partition coefficient (Wildman–Crippen LogP) is 4.43. The molecular weight excluding hydrogens is 282 g/mol. The smallest absolute Gasteiger partial charge is 0.280 e. The van der Waals surface area contributed by atoms with Crippen molar-refractivity contribution in [3.8, 4) is 0 Å². The highest BCUT2D eigenvalue weighted by Gasteiger charge is 2.28. The maximum atomic E-state index is 12.4. The van der Waals surface area contributed by atoms with Crippen LogP contribution in [0.2, 0.25) is 0 Å². The van der Waals surface area contributed by atoms with Crippen molar-refractivity contribution in [3.05, 3.63) is 71.8 Å². The third kappa shape index (κ3) is 4.54. The molecule has 0 amide bonds. The normalized spacial score (nSPS) is 11.4. The van der Waals surface area contributed by atoms with E-state index in [4.69, 9.17) is 9.05 Å². The Labute approximate surface area is 116 Å². The second kappa shape index (κ2) is 7.31. The molecule has 20 heavy (non-hydrogen) atoms. The number of rotatable bonds is 7. The van der Waals surface area contributed by atoms with E-state index >= 15 is 0 Å². The zero-order valence-electron chi connectivity index (χ0n) is 10.6. The minimum Gasteiger partial charge on any atom is -0.280 e. The molecule has 0 aliphatic heterocycles. The summed E-state index contributed by atoms with van der Waals surface area (Å²) in [5, 5.41) is 0. The summed E-state index contributed by atoms with van der Waals surface area (Å²) in [5.41, 5.74) is 1.49. The van der Waals surface area contributed by atoms with Crippen LogP contribution >= 0.6 is 7.82 Å². The number of phosphoric acid groups is 1. The van der Waals surface area contributed by atoms with Crippen molar-refractivity contribution in [2.45, 2.75) is 13.2 Å². The van der Waals surface area contributed by atoms with E-state index in [1.807, 2.05) is 12.1 Å². The highest BCUT2D eigenvalue weighted by atomic mass is 31.2. The van der Waals surface area contributed by atoms with Crippen molar-refractivity contribution in [2.75, 3.05) is 0 Å². The molecule has 0 atom stereocenters. The minimum atomic E-state index is -4.20. The zero-order valence-corrected chi connectivity index (χ0v) is 11.5. The molecule has 0 N–H and O–H groups in total. The Bertz CT molecular complexity index is 514. The standard InChI is InChI=1S/C14H14FO4P/c15-19-20(16,17-11-13-7-3-1-4-8-13)18-12-14-9-5-2-6-10-14/h1-10H,11-12H2. The van der Waals surface area contributed by atoms with Gasteiger partial charge < -0.3 is 0 Å². The SMILES string of the molecule is O=P(OF)(OCc1ccccc1)OCc1ccccc1. The summed E-state index contributed by atoms with van der Waals surface area (Å²) in [6.45, 7) is -0.117. The summed E-state index contributed by atoms with van der Waals surface area (Å²) in [4.78, 5) is 0. The van der Waals surface area contributed by atoms with Crippen LogP contribution < -0.4 is 0 Å². The van der Waals surface area contributed by atoms with Gasteiger partial charge in [0.2, 0.25) is 0 Å². The van der Waals surface area contributed by atoms with Crippen LogP contribution in [0.3, 0.4) is 0 Å². The first-order valence-electron chi connectivity index (χ1n) is 5.99. The molecule has 2 aromatic carbocycles. The second-order valence-electron chi connectivity index (χ2n) is 4.03. The lowest BCUT2D eigenvalue weighted by Gasteiger charge is -2.13. The molecule has 0 bridgehead atoms. The fourth-order valence-corrected chi connectivity index (χ4v) is 2.30. The third-order valence-corrected chi connectivity index (χ3v) is 3.61. The quantitative estimate of drug-likeness (QED) is 0.709. The predicted molar refractivity (Wildman–Crippen MR) is 72.3 cm³/mol. The first-order valence-corrected chi connectivity index (χ1v) is 7.45. The first kappa shape index (κ1) is 14.9. The largest absolute Gasteiger partial charge is 0.506 e. The Kier molecular flexibility index (Phi) is 5.44. The molecule has 0 saturated heterocycles. The Morgan fingerprint density at radius 2 is 1.20 bits per heavy atom. The van der Waals surface area contributed by atoms with Crippen LogP contribution in [0.15, 0.2) is 60.7 Å². The van der Waals surface area contributed by atoms with E-state index in [2.05, 4.69) is 4.73 Å². The van der Waals surface area contributed by atoms with Crippen molar-refractivity contribution >= 4 is 7.82 Å². The van der Waals surface area contributed by atoms with Gasteiger partial charge in [0.05, 0.1) is 13.2 Å². The average molecular weight is 296 g/mol. The van der Waals surface area contributed by atoms with Crippen LogP contribution in [-0.2, 0) is 31.6 Å². The first-order chi connectivity index (χ1) is 9.72. The molecule has 0 aliphatic carbocycles. The molecule has 0 aliphatic rings. The van der Waals surface area contributed by atoms with Gasteiger partial charge in [0.15, 0.2) is 0 Å². The van der Waals surface area contributed by atoms with Gasteiger partial charge >= 0.3 is 7.82 Å². The molecule has 2 aromatic rings. The molecule has 0 fully saturated rings. The minimum absolute atomic E-state index is 0.0587. The lowest BCUT2D eigenvalue weighted by molar-refractivity contribution is -0.0602. The van der Waals surface area contributed by atoms with Gasteiger partial charge in [-0.3, -0.25) is 9.05 Å². The van der Waals surface area contributed by atoms with Gasteiger partial charge in [0.1, 0.15) is 0 Å². The van der Waals surface area contributed by atoms with Gasteiger partial charge in [-0.15, -0.1) is 0 Å². The van der Waals surface area contributed by atoms with Crippen LogP contribution in [0.25, 0.3) is 0 Å². The van der Waals surface area contributed by atoms with E-state index in [1.165, 1.54) is 0 Å². The Balaban J connectivity index is 1.90. The molecule has 0 radical (unpaired) electrons. The molecule has 0 aromatic heterocycles. The number of hydrogen-bond acceptors (Lipinski definition) is 4. The third-order valence-electron chi connectivity index (χ3n) is 2.55. The fourth-order valence-electron chi connectivity index (χ4n) is 1.53. The van der Waals surface area contributed by atoms with Gasteiger partial charge in [0, 0.05) is 0 Å². The molecule has 0 spiro atoms. The molecule has 106 valence electrons. The van der Waals surface area contributed by atoms with Crippen molar-refractivity contribution in [1.29, 1.82) is 0 Å². The van der Waals surface area contributed by atoms with Crippen molar-refractivity contribution in [3.63, 3.8) is 0 Å². The molecular formula is C14H14FO4P. The molecule has 0 unspecified atom stereocenters. The van der Waals surface area contributed by atoms with E-state index in [0.29, 0.717) is 0 Å². The van der Waals surface area contributed by atoms with Crippen LogP contribution in [0.4, 0.5) is 4.53 Å². The molecule has 6 heteroatoms. The Morgan fingerprint density at radius 3 is 1.55 bits per heavy atom. The summed E-state index contributed by atoms with van der Waals surface area (Å²) in [6.07, 6.45) is 0. The highest BCUT2D eigenvalue weighted by molar-refractivity contribution is 7.48. The number of benzene rings is 2. The van der Waals surface area contributed by atoms with Crippen LogP contribution in [0, 0.1) is 0 Å². The van der Waals surface area contributed by atoms with Crippen molar-refractivity contribution in [2.24, 2.45) is 0 Å². The number of hydrogen-bond donors (Lipinski definition) is 0. The molecule has 2 rings (SSSR count). The van der Waals surface area contributed by atoms with E-state index in [0.717, 1.165) is 11.1 Å². The second-order valence-corrected chi connectivity index (χ2v) is 5.58. The zero-order chi connectivity index (χ0) is 14.3. The topological polar surface area (TPSA) is 44.8 Å². The summed E-state index contributed by atoms with van der Waals surface area (Å²) < 4.78 is 37.6. The van der Waals surface area contributed by atoms with Crippen LogP contribution in [-0.4, -0.2) is 0 Å². The molecule has 4 nitrogen and oxygen atoms in total. The highest BCUT2D eigenvalue weighted by Crippen LogP contribution is 2.51. The Hall–Kier alpha value is -1.52. The van der Waals surface area contributed by atoms with Gasteiger partial charge in [-0.05, 0) is 15.7 Å². The molecule has 0 saturated carbocycles. The number of phosphoric ester groups is 1. The number of halogens is 1. The maximum absolute atomic E-state index is 12.4. The van der Waals surface area contributed by atoms with Gasteiger partial charge in [-0.25, -0.2) is 4.57 Å². The van der Waals surface area contributed by atoms with Gasteiger partial charge in [0.25, 0.3) is 0 Å². The van der Waals surface area contributed by atoms with E-state index in [1.54, 1.807) is 48.5 Å². The molecule has 0 heterocycles. The van der Waals surface area contributed by atoms with E-state index in [9.17, 15) is 9.09 Å². The van der Waals surface area contributed by atoms with Crippen LogP contribution in [0.1, 0.15) is 11.1 Å². The van der Waals surface area contributed by atoms with Crippen molar-refractivity contribution in [1.82, 2.24) is 0 Å². The summed E-state index contributed by atoms with van der Waals surface area (Å²) in [6, 6.07) is 17.9. The van der Waals surface area contributed by atoms with Gasteiger partial charge in [-0.2, -0.15) is 0 Å². The summed E-state index contributed by atoms with van der Waals surface area (Å²) in [7, 11) is -4.20. The van der Waals surface area contributed by atoms with Crippen LogP contribution in [0.5, 0.6) is 0 Å². The monoisotopic (exact) mass is 296 g/mol. The summed E-state index contributed by atoms with van der Waals surface area (Å²) in [5.74, 6) is 0. The lowest BCUT2D eigenvalue weighted by Crippen LogP contribution is -1.98.